The second-order valence-electron chi connectivity index (χ2n) is 9.49. The lowest BCUT2D eigenvalue weighted by Gasteiger charge is -2.38. The number of anilines is 1. The van der Waals surface area contributed by atoms with Gasteiger partial charge < -0.3 is 10.2 Å². The number of pyridine rings is 2. The number of rotatable bonds is 4. The molecule has 0 saturated carbocycles. The molecule has 0 radical (unpaired) electrons. The van der Waals surface area contributed by atoms with Gasteiger partial charge in [0.05, 0.1) is 23.5 Å². The molecule has 4 aromatic heterocycles. The van der Waals surface area contributed by atoms with Crippen molar-refractivity contribution in [2.75, 3.05) is 5.32 Å². The Kier molecular flexibility index (Phi) is 5.19. The second-order valence-corrected chi connectivity index (χ2v) is 9.49. The molecule has 2 saturated heterocycles. The number of aromatic nitrogens is 5. The minimum Gasteiger partial charge on any atom is -0.367 e. The Morgan fingerprint density at radius 3 is 2.53 bits per heavy atom. The largest absolute Gasteiger partial charge is 0.367 e. The number of hydrogen-bond donors (Lipinski definition) is 1. The Balaban J connectivity index is 1.28. The SMILES string of the molecule is C#CC(=O)N1C2CC[C@H]1CC(Nc1ccc(-c3cc(-c4cnn(C)c4)cn4ncc(C#N)c34)cn1)C2. The molecule has 2 bridgehead atoms. The van der Waals surface area contributed by atoms with E-state index in [1.807, 2.05) is 42.7 Å². The van der Waals surface area contributed by atoms with Crippen LogP contribution in [0.1, 0.15) is 31.2 Å². The summed E-state index contributed by atoms with van der Waals surface area (Å²) in [6.45, 7) is 0. The third-order valence-corrected chi connectivity index (χ3v) is 7.29. The Bertz CT molecular complexity index is 1540. The molecule has 36 heavy (non-hydrogen) atoms. The predicted octanol–water partition coefficient (Wildman–Crippen LogP) is 3.24. The first-order chi connectivity index (χ1) is 17.5. The van der Waals surface area contributed by atoms with Gasteiger partial charge in [-0.25, -0.2) is 9.50 Å². The van der Waals surface area contributed by atoms with Gasteiger partial charge in [0.2, 0.25) is 0 Å². The quantitative estimate of drug-likeness (QED) is 0.454. The lowest BCUT2D eigenvalue weighted by atomic mass is 9.97. The summed E-state index contributed by atoms with van der Waals surface area (Å²) < 4.78 is 3.49. The van der Waals surface area contributed by atoms with Crippen LogP contribution in [0.5, 0.6) is 0 Å². The van der Waals surface area contributed by atoms with E-state index in [0.29, 0.717) is 5.56 Å². The fourth-order valence-electron chi connectivity index (χ4n) is 5.70. The molecule has 9 heteroatoms. The van der Waals surface area contributed by atoms with Gasteiger partial charge in [-0.2, -0.15) is 15.5 Å². The lowest BCUT2D eigenvalue weighted by Crippen LogP contribution is -2.49. The van der Waals surface area contributed by atoms with Crippen LogP contribution in [0.2, 0.25) is 0 Å². The highest BCUT2D eigenvalue weighted by molar-refractivity contribution is 5.93. The summed E-state index contributed by atoms with van der Waals surface area (Å²) in [6.07, 6.45) is 18.2. The molecular weight excluding hydrogens is 452 g/mol. The summed E-state index contributed by atoms with van der Waals surface area (Å²) in [6, 6.07) is 8.90. The Labute approximate surface area is 208 Å². The summed E-state index contributed by atoms with van der Waals surface area (Å²) >= 11 is 0. The molecule has 2 unspecified atom stereocenters. The third-order valence-electron chi connectivity index (χ3n) is 7.29. The highest BCUT2D eigenvalue weighted by atomic mass is 16.2. The van der Waals surface area contributed by atoms with Crippen molar-refractivity contribution in [3.05, 3.63) is 54.7 Å². The van der Waals surface area contributed by atoms with E-state index in [9.17, 15) is 10.1 Å². The Morgan fingerprint density at radius 1 is 1.08 bits per heavy atom. The number of amides is 1. The van der Waals surface area contributed by atoms with E-state index in [1.54, 1.807) is 21.6 Å². The monoisotopic (exact) mass is 476 g/mol. The van der Waals surface area contributed by atoms with Crippen molar-refractivity contribution >= 4 is 17.2 Å². The maximum Gasteiger partial charge on any atom is 0.298 e. The molecule has 0 aliphatic carbocycles. The topological polar surface area (TPSA) is 104 Å². The maximum atomic E-state index is 12.1. The van der Waals surface area contributed by atoms with E-state index in [0.717, 1.165) is 59.3 Å². The molecule has 9 nitrogen and oxygen atoms in total. The fourth-order valence-corrected chi connectivity index (χ4v) is 5.70. The summed E-state index contributed by atoms with van der Waals surface area (Å²) in [5.41, 5.74) is 4.93. The summed E-state index contributed by atoms with van der Waals surface area (Å²) in [7, 11) is 1.88. The van der Waals surface area contributed by atoms with Gasteiger partial charge in [-0.3, -0.25) is 9.48 Å². The first-order valence-electron chi connectivity index (χ1n) is 12.0. The van der Waals surface area contributed by atoms with E-state index in [2.05, 4.69) is 33.6 Å². The van der Waals surface area contributed by atoms with Crippen molar-refractivity contribution in [1.29, 1.82) is 5.26 Å². The molecule has 2 fully saturated rings. The van der Waals surface area contributed by atoms with Crippen molar-refractivity contribution in [2.45, 2.75) is 43.8 Å². The van der Waals surface area contributed by atoms with Crippen LogP contribution in [0.3, 0.4) is 0 Å². The van der Waals surface area contributed by atoms with Crippen LogP contribution in [0, 0.1) is 23.7 Å². The number of terminal acetylenes is 1. The van der Waals surface area contributed by atoms with Crippen molar-refractivity contribution in [3.63, 3.8) is 0 Å². The standard InChI is InChI=1S/C27H24N8O/c1-3-26(36)35-22-5-6-23(35)10-21(9-22)32-25-7-4-17(12-29-25)24-8-18(20-14-30-33(2)15-20)16-34-27(24)19(11-28)13-31-34/h1,4,7-8,12-16,21-23H,5-6,9-10H2,2H3,(H,29,32)/t21?,22-,23?/m0/s1. The Hall–Kier alpha value is -4.63. The van der Waals surface area contributed by atoms with Crippen LogP contribution in [-0.4, -0.2) is 53.3 Å². The number of hydrogen-bond acceptors (Lipinski definition) is 6. The number of nitrogens with zero attached hydrogens (tertiary/aromatic N) is 7. The summed E-state index contributed by atoms with van der Waals surface area (Å²) in [5.74, 6) is 2.87. The van der Waals surface area contributed by atoms with Crippen molar-refractivity contribution in [2.24, 2.45) is 7.05 Å². The first-order valence-corrected chi connectivity index (χ1v) is 12.0. The number of piperidine rings is 1. The van der Waals surface area contributed by atoms with E-state index in [-0.39, 0.29) is 24.0 Å². The van der Waals surface area contributed by atoms with Crippen LogP contribution < -0.4 is 5.32 Å². The molecule has 4 aromatic rings. The molecule has 1 amide bonds. The molecule has 0 aromatic carbocycles. The van der Waals surface area contributed by atoms with Gasteiger partial charge >= 0.3 is 0 Å². The number of aryl methyl sites for hydroxylation is 1. The average molecular weight is 477 g/mol. The van der Waals surface area contributed by atoms with E-state index in [1.165, 1.54) is 0 Å². The molecule has 2 aliphatic rings. The zero-order valence-electron chi connectivity index (χ0n) is 19.8. The number of carbonyl (C=O) groups excluding carboxylic acids is 1. The minimum atomic E-state index is -0.195. The van der Waals surface area contributed by atoms with Crippen LogP contribution in [0.25, 0.3) is 27.8 Å². The van der Waals surface area contributed by atoms with E-state index < -0.39 is 0 Å². The highest BCUT2D eigenvalue weighted by Gasteiger charge is 2.42. The van der Waals surface area contributed by atoms with Gasteiger partial charge in [0.15, 0.2) is 0 Å². The zero-order chi connectivity index (χ0) is 24.8. The predicted molar refractivity (Wildman–Crippen MR) is 134 cm³/mol. The fraction of sp³-hybridized carbons (Fsp3) is 0.296. The third kappa shape index (κ3) is 3.66. The molecule has 3 atom stereocenters. The molecular formula is C27H24N8O. The van der Waals surface area contributed by atoms with Crippen LogP contribution in [0.4, 0.5) is 5.82 Å². The van der Waals surface area contributed by atoms with Crippen molar-refractivity contribution in [1.82, 2.24) is 29.3 Å². The number of nitrogens with one attached hydrogen (secondary N) is 1. The minimum absolute atomic E-state index is 0.193. The number of fused-ring (bicyclic) bond motifs is 3. The molecule has 6 heterocycles. The number of nitriles is 1. The first kappa shape index (κ1) is 21.9. The Morgan fingerprint density at radius 2 is 1.89 bits per heavy atom. The highest BCUT2D eigenvalue weighted by Crippen LogP contribution is 2.37. The van der Waals surface area contributed by atoms with Crippen molar-refractivity contribution in [3.8, 4) is 40.7 Å². The molecule has 1 N–H and O–H groups in total. The molecule has 178 valence electrons. The molecule has 6 rings (SSSR count). The summed E-state index contributed by atoms with van der Waals surface area (Å²) in [5, 5.41) is 21.9. The van der Waals surface area contributed by atoms with E-state index >= 15 is 0 Å². The zero-order valence-corrected chi connectivity index (χ0v) is 19.8. The smallest absolute Gasteiger partial charge is 0.298 e. The van der Waals surface area contributed by atoms with Gasteiger partial charge in [0.25, 0.3) is 5.91 Å². The van der Waals surface area contributed by atoms with Gasteiger partial charge in [-0.15, -0.1) is 6.42 Å². The van der Waals surface area contributed by atoms with Crippen LogP contribution in [-0.2, 0) is 11.8 Å². The van der Waals surface area contributed by atoms with E-state index in [4.69, 9.17) is 11.4 Å². The van der Waals surface area contributed by atoms with Crippen LogP contribution >= 0.6 is 0 Å². The van der Waals surface area contributed by atoms with Gasteiger partial charge in [0, 0.05) is 66.0 Å². The molecule has 0 spiro atoms. The average Bonchev–Trinajstić information content (AvgIpc) is 3.59. The normalized spacial score (nSPS) is 20.8. The van der Waals surface area contributed by atoms with Gasteiger partial charge in [-0.1, -0.05) is 0 Å². The van der Waals surface area contributed by atoms with Crippen molar-refractivity contribution < 1.29 is 4.79 Å². The second kappa shape index (κ2) is 8.54. The van der Waals surface area contributed by atoms with Crippen LogP contribution in [0.15, 0.2) is 49.2 Å². The van der Waals surface area contributed by atoms with Gasteiger partial charge in [-0.05, 0) is 49.8 Å². The van der Waals surface area contributed by atoms with Gasteiger partial charge in [0.1, 0.15) is 11.9 Å². The molecule has 2 aliphatic heterocycles. The maximum absolute atomic E-state index is 12.1. The lowest BCUT2D eigenvalue weighted by molar-refractivity contribution is -0.129. The number of carbonyl (C=O) groups is 1. The summed E-state index contributed by atoms with van der Waals surface area (Å²) in [4.78, 5) is 18.7.